The first-order chi connectivity index (χ1) is 9.52. The molecule has 0 aliphatic carbocycles. The molecule has 0 radical (unpaired) electrons. The lowest BCUT2D eigenvalue weighted by Crippen LogP contribution is -1.99. The molecule has 0 amide bonds. The van der Waals surface area contributed by atoms with Crippen LogP contribution in [0.15, 0.2) is 36.4 Å². The van der Waals surface area contributed by atoms with Gasteiger partial charge >= 0.3 is 0 Å². The van der Waals surface area contributed by atoms with E-state index in [9.17, 15) is 4.79 Å². The first-order valence-corrected chi connectivity index (χ1v) is 6.89. The Morgan fingerprint density at radius 1 is 1.15 bits per heavy atom. The van der Waals surface area contributed by atoms with Crippen molar-refractivity contribution in [3.05, 3.63) is 63.1 Å². The Morgan fingerprint density at radius 3 is 2.35 bits per heavy atom. The molecule has 0 aliphatic rings. The molecule has 2 nitrogen and oxygen atoms in total. The number of Topliss-reactive ketones (excluding diaryl/α,β-unsaturated/α-hetero) is 1. The lowest BCUT2D eigenvalue weighted by molar-refractivity contribution is 0.101. The van der Waals surface area contributed by atoms with Crippen LogP contribution in [-0.2, 0) is 6.42 Å². The maximum Gasteiger partial charge on any atom is 0.159 e. The third kappa shape index (κ3) is 3.14. The van der Waals surface area contributed by atoms with Crippen molar-refractivity contribution in [1.82, 2.24) is 0 Å². The minimum atomic E-state index is 0.00521. The van der Waals surface area contributed by atoms with Crippen molar-refractivity contribution in [2.24, 2.45) is 0 Å². The molecule has 2 aromatic rings. The Bertz CT molecular complexity index is 631. The summed E-state index contributed by atoms with van der Waals surface area (Å²) in [6.07, 6.45) is 0.555. The van der Waals surface area contributed by atoms with E-state index in [1.54, 1.807) is 31.4 Å². The number of hydrogen-bond donors (Lipinski definition) is 0. The van der Waals surface area contributed by atoms with Crippen LogP contribution in [0.25, 0.3) is 0 Å². The Hall–Kier alpha value is -1.51. The average Bonchev–Trinajstić information content (AvgIpc) is 2.43. The Kier molecular flexibility index (Phi) is 4.69. The summed E-state index contributed by atoms with van der Waals surface area (Å²) in [5.74, 6) is 0.666. The van der Waals surface area contributed by atoms with Crippen LogP contribution in [-0.4, -0.2) is 12.9 Å². The summed E-state index contributed by atoms with van der Waals surface area (Å²) < 4.78 is 5.35. The number of ether oxygens (including phenoxy) is 1. The largest absolute Gasteiger partial charge is 0.496 e. The second-order valence-electron chi connectivity index (χ2n) is 4.46. The van der Waals surface area contributed by atoms with Crippen molar-refractivity contribution < 1.29 is 9.53 Å². The maximum absolute atomic E-state index is 11.4. The van der Waals surface area contributed by atoms with Crippen LogP contribution in [0.1, 0.15) is 28.4 Å². The fourth-order valence-electron chi connectivity index (χ4n) is 2.00. The molecule has 0 aromatic heterocycles. The number of carbonyl (C=O) groups excluding carboxylic acids is 1. The van der Waals surface area contributed by atoms with E-state index in [-0.39, 0.29) is 5.78 Å². The van der Waals surface area contributed by atoms with E-state index in [1.807, 2.05) is 12.1 Å². The van der Waals surface area contributed by atoms with Gasteiger partial charge in [0, 0.05) is 22.0 Å². The smallest absolute Gasteiger partial charge is 0.159 e. The van der Waals surface area contributed by atoms with Crippen LogP contribution in [0, 0.1) is 0 Å². The number of hydrogen-bond acceptors (Lipinski definition) is 2. The van der Waals surface area contributed by atoms with Crippen LogP contribution >= 0.6 is 23.2 Å². The Balaban J connectivity index is 2.41. The molecule has 0 saturated heterocycles. The number of halogens is 2. The standard InChI is InChI=1S/C16H14Cl2O2/c1-10(19)11-6-7-12(16(9-11)20-2)8-13-14(17)4-3-5-15(13)18/h3-7,9H,8H2,1-2H3. The fourth-order valence-corrected chi connectivity index (χ4v) is 2.53. The molecular formula is C16H14Cl2O2. The highest BCUT2D eigenvalue weighted by Gasteiger charge is 2.12. The predicted molar refractivity (Wildman–Crippen MR) is 82.3 cm³/mol. The molecule has 104 valence electrons. The van der Waals surface area contributed by atoms with Gasteiger partial charge in [0.1, 0.15) is 5.75 Å². The van der Waals surface area contributed by atoms with Crippen molar-refractivity contribution in [3.63, 3.8) is 0 Å². The van der Waals surface area contributed by atoms with Gasteiger partial charge in [-0.05, 0) is 36.2 Å². The molecule has 2 rings (SSSR count). The monoisotopic (exact) mass is 308 g/mol. The van der Waals surface area contributed by atoms with Gasteiger partial charge in [-0.1, -0.05) is 41.4 Å². The maximum atomic E-state index is 11.4. The van der Waals surface area contributed by atoms with Gasteiger partial charge in [0.15, 0.2) is 5.78 Å². The fraction of sp³-hybridized carbons (Fsp3) is 0.188. The molecule has 0 aliphatic heterocycles. The summed E-state index contributed by atoms with van der Waals surface area (Å²) in [5, 5.41) is 1.24. The van der Waals surface area contributed by atoms with E-state index < -0.39 is 0 Å². The first-order valence-electron chi connectivity index (χ1n) is 6.13. The molecule has 0 spiro atoms. The van der Waals surface area contributed by atoms with E-state index in [0.717, 1.165) is 11.1 Å². The van der Waals surface area contributed by atoms with Gasteiger partial charge in [-0.3, -0.25) is 4.79 Å². The second kappa shape index (κ2) is 6.29. The summed E-state index contributed by atoms with van der Waals surface area (Å²) >= 11 is 12.4. The number of benzene rings is 2. The highest BCUT2D eigenvalue weighted by molar-refractivity contribution is 6.36. The van der Waals surface area contributed by atoms with Crippen LogP contribution in [0.2, 0.25) is 10.0 Å². The molecule has 20 heavy (non-hydrogen) atoms. The summed E-state index contributed by atoms with van der Waals surface area (Å²) in [7, 11) is 1.58. The lowest BCUT2D eigenvalue weighted by Gasteiger charge is -2.12. The molecule has 4 heteroatoms. The molecule has 0 atom stereocenters. The van der Waals surface area contributed by atoms with Crippen molar-refractivity contribution in [2.45, 2.75) is 13.3 Å². The normalized spacial score (nSPS) is 10.4. The van der Waals surface area contributed by atoms with E-state index in [0.29, 0.717) is 27.8 Å². The Morgan fingerprint density at radius 2 is 1.80 bits per heavy atom. The van der Waals surface area contributed by atoms with Crippen LogP contribution < -0.4 is 4.74 Å². The first kappa shape index (κ1) is 14.9. The van der Waals surface area contributed by atoms with Crippen molar-refractivity contribution in [1.29, 1.82) is 0 Å². The minimum absolute atomic E-state index is 0.00521. The summed E-state index contributed by atoms with van der Waals surface area (Å²) in [5.41, 5.74) is 2.41. The minimum Gasteiger partial charge on any atom is -0.496 e. The zero-order chi connectivity index (χ0) is 14.7. The van der Waals surface area contributed by atoms with Crippen LogP contribution in [0.5, 0.6) is 5.75 Å². The van der Waals surface area contributed by atoms with Gasteiger partial charge in [-0.15, -0.1) is 0 Å². The van der Waals surface area contributed by atoms with E-state index >= 15 is 0 Å². The summed E-state index contributed by atoms with van der Waals surface area (Å²) in [4.78, 5) is 11.4. The van der Waals surface area contributed by atoms with Gasteiger partial charge in [-0.25, -0.2) is 0 Å². The quantitative estimate of drug-likeness (QED) is 0.759. The number of carbonyl (C=O) groups is 1. The molecule has 0 saturated carbocycles. The topological polar surface area (TPSA) is 26.3 Å². The molecule has 0 bridgehead atoms. The van der Waals surface area contributed by atoms with Gasteiger partial charge in [0.05, 0.1) is 7.11 Å². The summed E-state index contributed by atoms with van der Waals surface area (Å²) in [6.45, 7) is 1.53. The van der Waals surface area contributed by atoms with Crippen LogP contribution in [0.3, 0.4) is 0 Å². The van der Waals surface area contributed by atoms with Crippen molar-refractivity contribution in [3.8, 4) is 5.75 Å². The van der Waals surface area contributed by atoms with Crippen molar-refractivity contribution in [2.75, 3.05) is 7.11 Å². The van der Waals surface area contributed by atoms with E-state index in [2.05, 4.69) is 0 Å². The molecule has 0 unspecified atom stereocenters. The average molecular weight is 309 g/mol. The lowest BCUT2D eigenvalue weighted by atomic mass is 10.0. The zero-order valence-electron chi connectivity index (χ0n) is 11.2. The highest BCUT2D eigenvalue weighted by Crippen LogP contribution is 2.30. The molecule has 0 heterocycles. The number of rotatable bonds is 4. The molecular weight excluding hydrogens is 295 g/mol. The van der Waals surface area contributed by atoms with E-state index in [1.165, 1.54) is 6.92 Å². The van der Waals surface area contributed by atoms with Crippen LogP contribution in [0.4, 0.5) is 0 Å². The predicted octanol–water partition coefficient (Wildman–Crippen LogP) is 4.80. The van der Waals surface area contributed by atoms with Crippen molar-refractivity contribution >= 4 is 29.0 Å². The Labute approximate surface area is 128 Å². The van der Waals surface area contributed by atoms with Gasteiger partial charge in [-0.2, -0.15) is 0 Å². The van der Waals surface area contributed by atoms with Gasteiger partial charge < -0.3 is 4.74 Å². The highest BCUT2D eigenvalue weighted by atomic mass is 35.5. The van der Waals surface area contributed by atoms with Gasteiger partial charge in [0.2, 0.25) is 0 Å². The molecule has 0 fully saturated rings. The number of ketones is 1. The zero-order valence-corrected chi connectivity index (χ0v) is 12.8. The summed E-state index contributed by atoms with van der Waals surface area (Å²) in [6, 6.07) is 10.8. The van der Waals surface area contributed by atoms with Gasteiger partial charge in [0.25, 0.3) is 0 Å². The number of methoxy groups -OCH3 is 1. The third-order valence-corrected chi connectivity index (χ3v) is 3.83. The van der Waals surface area contributed by atoms with E-state index in [4.69, 9.17) is 27.9 Å². The SMILES string of the molecule is COc1cc(C(C)=O)ccc1Cc1c(Cl)cccc1Cl. The third-order valence-electron chi connectivity index (χ3n) is 3.12. The second-order valence-corrected chi connectivity index (χ2v) is 5.27. The molecule has 2 aromatic carbocycles. The molecule has 0 N–H and O–H groups in total.